The van der Waals surface area contributed by atoms with E-state index in [1.165, 1.54) is 12.1 Å². The van der Waals surface area contributed by atoms with Gasteiger partial charge in [-0.05, 0) is 24.3 Å². The van der Waals surface area contributed by atoms with Crippen molar-refractivity contribution >= 4 is 22.5 Å². The van der Waals surface area contributed by atoms with Crippen molar-refractivity contribution in [1.29, 1.82) is 5.26 Å². The molecular weight excluding hydrogens is 291 g/mol. The van der Waals surface area contributed by atoms with Crippen LogP contribution in [-0.2, 0) is 0 Å². The predicted octanol–water partition coefficient (Wildman–Crippen LogP) is 4.69. The Morgan fingerprint density at radius 2 is 1.95 bits per heavy atom. The highest BCUT2D eigenvalue weighted by molar-refractivity contribution is 6.30. The summed E-state index contributed by atoms with van der Waals surface area (Å²) in [5.74, 6) is -0.220. The van der Waals surface area contributed by atoms with Gasteiger partial charge >= 0.3 is 0 Å². The molecule has 0 aliphatic carbocycles. The maximum atomic E-state index is 13.4. The molecule has 0 fully saturated rings. The lowest BCUT2D eigenvalue weighted by Crippen LogP contribution is -1.93. The van der Waals surface area contributed by atoms with E-state index in [2.05, 4.69) is 4.98 Å². The van der Waals surface area contributed by atoms with E-state index >= 15 is 0 Å². The molecule has 0 aliphatic heterocycles. The fourth-order valence-electron chi connectivity index (χ4n) is 1.91. The molecule has 3 aromatic rings. The van der Waals surface area contributed by atoms with Gasteiger partial charge in [0.1, 0.15) is 23.2 Å². The van der Waals surface area contributed by atoms with Crippen LogP contribution >= 0.6 is 11.6 Å². The zero-order chi connectivity index (χ0) is 14.8. The van der Waals surface area contributed by atoms with E-state index in [0.29, 0.717) is 5.52 Å². The lowest BCUT2D eigenvalue weighted by molar-refractivity contribution is 0.458. The summed E-state index contributed by atoms with van der Waals surface area (Å²) in [5, 5.41) is 10.0. The van der Waals surface area contributed by atoms with Crippen LogP contribution in [0, 0.1) is 17.1 Å². The quantitative estimate of drug-likeness (QED) is 0.689. The summed E-state index contributed by atoms with van der Waals surface area (Å²) in [6.45, 7) is 0. The molecule has 0 atom stereocenters. The Morgan fingerprint density at radius 3 is 2.71 bits per heavy atom. The molecule has 0 unspecified atom stereocenters. The SMILES string of the molecule is N#Cc1cc2ccccc2nc1Oc1ccc(Cl)c(F)c1. The van der Waals surface area contributed by atoms with Gasteiger partial charge < -0.3 is 4.74 Å². The second kappa shape index (κ2) is 5.39. The molecule has 0 saturated carbocycles. The first-order chi connectivity index (χ1) is 10.2. The van der Waals surface area contributed by atoms with Crippen LogP contribution < -0.4 is 4.74 Å². The summed E-state index contributed by atoms with van der Waals surface area (Å²) in [6, 6.07) is 15.1. The minimum atomic E-state index is -0.589. The van der Waals surface area contributed by atoms with Crippen LogP contribution in [0.15, 0.2) is 48.5 Å². The molecule has 0 aliphatic rings. The number of hydrogen-bond acceptors (Lipinski definition) is 3. The number of nitriles is 1. The molecule has 0 bridgehead atoms. The van der Waals surface area contributed by atoms with Gasteiger partial charge in [-0.3, -0.25) is 0 Å². The number of aromatic nitrogens is 1. The molecule has 2 aromatic carbocycles. The van der Waals surface area contributed by atoms with E-state index in [9.17, 15) is 9.65 Å². The fraction of sp³-hybridized carbons (Fsp3) is 0. The summed E-state index contributed by atoms with van der Waals surface area (Å²) >= 11 is 5.62. The van der Waals surface area contributed by atoms with Gasteiger partial charge in [0, 0.05) is 11.5 Å². The molecule has 102 valence electrons. The first-order valence-corrected chi connectivity index (χ1v) is 6.48. The minimum Gasteiger partial charge on any atom is -0.438 e. The molecule has 0 amide bonds. The average molecular weight is 299 g/mol. The third kappa shape index (κ3) is 2.64. The van der Waals surface area contributed by atoms with Crippen molar-refractivity contribution in [1.82, 2.24) is 4.98 Å². The molecule has 0 radical (unpaired) electrons. The van der Waals surface area contributed by atoms with Crippen LogP contribution in [0.5, 0.6) is 11.6 Å². The Morgan fingerprint density at radius 1 is 1.14 bits per heavy atom. The Bertz CT molecular complexity index is 874. The van der Waals surface area contributed by atoms with E-state index in [-0.39, 0.29) is 22.2 Å². The predicted molar refractivity (Wildman–Crippen MR) is 77.9 cm³/mol. The number of para-hydroxylation sites is 1. The largest absolute Gasteiger partial charge is 0.438 e. The van der Waals surface area contributed by atoms with Crippen molar-refractivity contribution in [2.45, 2.75) is 0 Å². The number of benzene rings is 2. The topological polar surface area (TPSA) is 45.9 Å². The van der Waals surface area contributed by atoms with Gasteiger partial charge in [-0.1, -0.05) is 29.8 Å². The van der Waals surface area contributed by atoms with Crippen LogP contribution in [0.2, 0.25) is 5.02 Å². The lowest BCUT2D eigenvalue weighted by atomic mass is 10.1. The number of nitrogens with zero attached hydrogens (tertiary/aromatic N) is 2. The Balaban J connectivity index is 2.06. The second-order valence-electron chi connectivity index (χ2n) is 4.32. The first kappa shape index (κ1) is 13.3. The van der Waals surface area contributed by atoms with E-state index in [1.807, 2.05) is 30.3 Å². The van der Waals surface area contributed by atoms with Gasteiger partial charge in [0.15, 0.2) is 0 Å². The minimum absolute atomic E-state index is 0.00864. The fourth-order valence-corrected chi connectivity index (χ4v) is 2.03. The van der Waals surface area contributed by atoms with Crippen LogP contribution in [0.4, 0.5) is 4.39 Å². The average Bonchev–Trinajstić information content (AvgIpc) is 2.50. The molecule has 5 heteroatoms. The zero-order valence-electron chi connectivity index (χ0n) is 10.7. The normalized spacial score (nSPS) is 10.3. The number of fused-ring (bicyclic) bond motifs is 1. The van der Waals surface area contributed by atoms with Crippen LogP contribution in [-0.4, -0.2) is 4.98 Å². The molecule has 3 nitrogen and oxygen atoms in total. The highest BCUT2D eigenvalue weighted by Crippen LogP contribution is 2.28. The van der Waals surface area contributed by atoms with E-state index in [4.69, 9.17) is 16.3 Å². The summed E-state index contributed by atoms with van der Waals surface area (Å²) in [5.41, 5.74) is 0.977. The summed E-state index contributed by atoms with van der Waals surface area (Å²) in [6.07, 6.45) is 0. The van der Waals surface area contributed by atoms with Crippen molar-refractivity contribution in [3.05, 3.63) is 64.9 Å². The van der Waals surface area contributed by atoms with Gasteiger partial charge in [0.25, 0.3) is 0 Å². The molecule has 3 rings (SSSR count). The number of hydrogen-bond donors (Lipinski definition) is 0. The summed E-state index contributed by atoms with van der Waals surface area (Å²) < 4.78 is 18.9. The van der Waals surface area contributed by atoms with E-state index in [1.54, 1.807) is 6.07 Å². The second-order valence-corrected chi connectivity index (χ2v) is 4.73. The van der Waals surface area contributed by atoms with Gasteiger partial charge in [-0.2, -0.15) is 5.26 Å². The molecule has 0 saturated heterocycles. The van der Waals surface area contributed by atoms with Crippen molar-refractivity contribution in [3.63, 3.8) is 0 Å². The van der Waals surface area contributed by atoms with Crippen molar-refractivity contribution < 1.29 is 9.13 Å². The Hall–Kier alpha value is -2.64. The third-order valence-electron chi connectivity index (χ3n) is 2.92. The van der Waals surface area contributed by atoms with Gasteiger partial charge in [0.2, 0.25) is 5.88 Å². The van der Waals surface area contributed by atoms with E-state index < -0.39 is 5.82 Å². The first-order valence-electron chi connectivity index (χ1n) is 6.10. The summed E-state index contributed by atoms with van der Waals surface area (Å²) in [7, 11) is 0. The zero-order valence-corrected chi connectivity index (χ0v) is 11.4. The number of rotatable bonds is 2. The number of pyridine rings is 1. The van der Waals surface area contributed by atoms with Crippen LogP contribution in [0.1, 0.15) is 5.56 Å². The summed E-state index contributed by atoms with van der Waals surface area (Å²) in [4.78, 5) is 4.29. The number of ether oxygens (including phenoxy) is 1. The molecule has 1 heterocycles. The maximum absolute atomic E-state index is 13.4. The Kier molecular flexibility index (Phi) is 3.43. The third-order valence-corrected chi connectivity index (χ3v) is 3.22. The molecular formula is C16H8ClFN2O. The molecule has 21 heavy (non-hydrogen) atoms. The standard InChI is InChI=1S/C16H8ClFN2O/c17-13-6-5-12(8-14(13)18)21-16-11(9-19)7-10-3-1-2-4-15(10)20-16/h1-8H. The molecule has 0 spiro atoms. The maximum Gasteiger partial charge on any atom is 0.237 e. The monoisotopic (exact) mass is 298 g/mol. The van der Waals surface area contributed by atoms with Crippen molar-refractivity contribution in [2.24, 2.45) is 0 Å². The van der Waals surface area contributed by atoms with Crippen molar-refractivity contribution in [3.8, 4) is 17.7 Å². The lowest BCUT2D eigenvalue weighted by Gasteiger charge is -2.08. The van der Waals surface area contributed by atoms with Crippen LogP contribution in [0.3, 0.4) is 0 Å². The molecule has 0 N–H and O–H groups in total. The highest BCUT2D eigenvalue weighted by atomic mass is 35.5. The smallest absolute Gasteiger partial charge is 0.237 e. The van der Waals surface area contributed by atoms with Gasteiger partial charge in [-0.25, -0.2) is 9.37 Å². The van der Waals surface area contributed by atoms with E-state index in [0.717, 1.165) is 11.5 Å². The molecule has 1 aromatic heterocycles. The highest BCUT2D eigenvalue weighted by Gasteiger charge is 2.10. The van der Waals surface area contributed by atoms with Crippen LogP contribution in [0.25, 0.3) is 10.9 Å². The number of halogens is 2. The van der Waals surface area contributed by atoms with Gasteiger partial charge in [-0.15, -0.1) is 0 Å². The van der Waals surface area contributed by atoms with Gasteiger partial charge in [0.05, 0.1) is 10.5 Å². The van der Waals surface area contributed by atoms with Crippen molar-refractivity contribution in [2.75, 3.05) is 0 Å². The Labute approximate surface area is 125 Å².